The molecular formula is C53H30O2. The van der Waals surface area contributed by atoms with Crippen LogP contribution >= 0.6 is 0 Å². The summed E-state index contributed by atoms with van der Waals surface area (Å²) in [5, 5.41) is 20.2. The van der Waals surface area contributed by atoms with Crippen molar-refractivity contribution >= 4 is 86.2 Å². The Morgan fingerprint density at radius 2 is 0.655 bits per heavy atom. The van der Waals surface area contributed by atoms with Crippen LogP contribution in [0.25, 0.3) is 120 Å². The standard InChI is InChI=1S/C53H30O2/c1-3-30-7-9-34-11-19-40(44-23-13-32(5-1)48(30)50(34)44)36-15-21-42-38(27-36)17-25-46-52(42)53-43-22-16-37(28-39(43)18-26-47(53)55-29-54-46)41-20-12-35-10-8-31-4-2-6-33-14-24-45(41)51(35)49(31)33/h1-28H,29H2. The van der Waals surface area contributed by atoms with E-state index in [1.54, 1.807) is 0 Å². The lowest BCUT2D eigenvalue weighted by molar-refractivity contribution is 0.125. The molecule has 0 N–H and O–H groups in total. The number of fused-ring (bicyclic) bond motifs is 7. The van der Waals surface area contributed by atoms with Crippen LogP contribution in [0.4, 0.5) is 0 Å². The molecule has 0 bridgehead atoms. The molecule has 0 aliphatic carbocycles. The van der Waals surface area contributed by atoms with E-state index in [1.165, 1.54) is 97.7 Å². The van der Waals surface area contributed by atoms with Crippen LogP contribution in [-0.2, 0) is 0 Å². The fraction of sp³-hybridized carbons (Fsp3) is 0.0189. The highest BCUT2D eigenvalue weighted by Crippen LogP contribution is 2.49. The largest absolute Gasteiger partial charge is 0.457 e. The smallest absolute Gasteiger partial charge is 0.230 e. The zero-order chi connectivity index (χ0) is 35.8. The first kappa shape index (κ1) is 29.3. The van der Waals surface area contributed by atoms with Crippen LogP contribution in [0.2, 0.25) is 0 Å². The Hall–Kier alpha value is -7.16. The molecule has 0 aromatic heterocycles. The van der Waals surface area contributed by atoms with Gasteiger partial charge in [-0.3, -0.25) is 0 Å². The van der Waals surface area contributed by atoms with Crippen molar-refractivity contribution in [2.45, 2.75) is 0 Å². The first-order chi connectivity index (χ1) is 27.2. The molecule has 0 spiro atoms. The van der Waals surface area contributed by atoms with Gasteiger partial charge in [-0.2, -0.15) is 0 Å². The van der Waals surface area contributed by atoms with Gasteiger partial charge in [0.05, 0.1) is 0 Å². The Morgan fingerprint density at radius 3 is 1.11 bits per heavy atom. The predicted octanol–water partition coefficient (Wildman–Crippen LogP) is 14.5. The van der Waals surface area contributed by atoms with Crippen molar-refractivity contribution in [3.63, 3.8) is 0 Å². The highest BCUT2D eigenvalue weighted by molar-refractivity contribution is 6.27. The fourth-order valence-corrected chi connectivity index (χ4v) is 9.84. The molecule has 254 valence electrons. The van der Waals surface area contributed by atoms with Crippen LogP contribution < -0.4 is 9.47 Å². The Kier molecular flexibility index (Phi) is 5.71. The molecule has 13 rings (SSSR count). The summed E-state index contributed by atoms with van der Waals surface area (Å²) in [7, 11) is 0. The molecule has 2 nitrogen and oxygen atoms in total. The molecule has 0 saturated carbocycles. The zero-order valence-electron chi connectivity index (χ0n) is 29.7. The Balaban J connectivity index is 0.989. The first-order valence-corrected chi connectivity index (χ1v) is 19.0. The molecule has 12 aromatic carbocycles. The van der Waals surface area contributed by atoms with Crippen LogP contribution in [0.1, 0.15) is 0 Å². The summed E-state index contributed by atoms with van der Waals surface area (Å²) >= 11 is 0. The Bertz CT molecular complexity index is 3310. The van der Waals surface area contributed by atoms with Crippen molar-refractivity contribution in [2.75, 3.05) is 6.79 Å². The lowest BCUT2D eigenvalue weighted by atomic mass is 9.87. The van der Waals surface area contributed by atoms with Crippen LogP contribution in [0, 0.1) is 0 Å². The topological polar surface area (TPSA) is 18.5 Å². The van der Waals surface area contributed by atoms with Crippen molar-refractivity contribution in [1.82, 2.24) is 0 Å². The first-order valence-electron chi connectivity index (χ1n) is 19.0. The molecule has 1 aliphatic heterocycles. The maximum absolute atomic E-state index is 6.30. The van der Waals surface area contributed by atoms with E-state index in [0.717, 1.165) is 33.4 Å². The predicted molar refractivity (Wildman–Crippen MR) is 231 cm³/mol. The van der Waals surface area contributed by atoms with E-state index >= 15 is 0 Å². The monoisotopic (exact) mass is 698 g/mol. The van der Waals surface area contributed by atoms with E-state index < -0.39 is 0 Å². The lowest BCUT2D eigenvalue weighted by Crippen LogP contribution is -2.03. The normalized spacial score (nSPS) is 12.9. The van der Waals surface area contributed by atoms with Gasteiger partial charge in [-0.15, -0.1) is 0 Å². The van der Waals surface area contributed by atoms with E-state index in [-0.39, 0.29) is 6.79 Å². The SMILES string of the molecule is c1cc2ccc3ccc(-c4ccc5c6c(ccc5c4)OCOc4ccc5cc(-c7ccc8ccc9cccc%10ccc7c8c9%10)ccc5c4-6)c4ccc(c1)c2c34. The highest BCUT2D eigenvalue weighted by Gasteiger charge is 2.23. The summed E-state index contributed by atoms with van der Waals surface area (Å²) < 4.78 is 12.6. The van der Waals surface area contributed by atoms with Gasteiger partial charge in [0.2, 0.25) is 6.79 Å². The molecule has 0 radical (unpaired) electrons. The van der Waals surface area contributed by atoms with Crippen LogP contribution in [0.3, 0.4) is 0 Å². The minimum absolute atomic E-state index is 0.165. The van der Waals surface area contributed by atoms with Crippen LogP contribution in [0.5, 0.6) is 11.5 Å². The fourth-order valence-electron chi connectivity index (χ4n) is 9.84. The molecule has 0 fully saturated rings. The molecule has 55 heavy (non-hydrogen) atoms. The second-order valence-corrected chi connectivity index (χ2v) is 15.1. The number of hydrogen-bond acceptors (Lipinski definition) is 2. The number of hydrogen-bond donors (Lipinski definition) is 0. The summed E-state index contributed by atoms with van der Waals surface area (Å²) in [6, 6.07) is 62.8. The van der Waals surface area contributed by atoms with Crippen molar-refractivity contribution in [1.29, 1.82) is 0 Å². The number of rotatable bonds is 2. The van der Waals surface area contributed by atoms with Gasteiger partial charge in [0, 0.05) is 11.1 Å². The van der Waals surface area contributed by atoms with Crippen LogP contribution in [-0.4, -0.2) is 6.79 Å². The van der Waals surface area contributed by atoms with Gasteiger partial charge in [-0.1, -0.05) is 146 Å². The minimum Gasteiger partial charge on any atom is -0.457 e. The second kappa shape index (κ2) is 10.7. The van der Waals surface area contributed by atoms with Gasteiger partial charge in [0.15, 0.2) is 0 Å². The lowest BCUT2D eigenvalue weighted by Gasteiger charge is -2.17. The molecule has 2 heteroatoms. The van der Waals surface area contributed by atoms with Gasteiger partial charge in [-0.25, -0.2) is 0 Å². The van der Waals surface area contributed by atoms with Gasteiger partial charge < -0.3 is 9.47 Å². The van der Waals surface area contributed by atoms with Gasteiger partial charge in [0.1, 0.15) is 11.5 Å². The quantitative estimate of drug-likeness (QED) is 0.167. The maximum atomic E-state index is 6.30. The Labute approximate surface area is 316 Å². The van der Waals surface area contributed by atoms with E-state index in [4.69, 9.17) is 9.47 Å². The summed E-state index contributed by atoms with van der Waals surface area (Å²) in [6.45, 7) is 0.165. The molecule has 12 aromatic rings. The molecule has 1 aliphatic rings. The molecule has 0 unspecified atom stereocenters. The average Bonchev–Trinajstić information content (AvgIpc) is 3.44. The van der Waals surface area contributed by atoms with E-state index in [0.29, 0.717) is 0 Å². The summed E-state index contributed by atoms with van der Waals surface area (Å²) in [6.07, 6.45) is 0. The minimum atomic E-state index is 0.165. The van der Waals surface area contributed by atoms with E-state index in [2.05, 4.69) is 170 Å². The maximum Gasteiger partial charge on any atom is 0.230 e. The van der Waals surface area contributed by atoms with E-state index in [1.807, 2.05) is 0 Å². The van der Waals surface area contributed by atoms with Crippen molar-refractivity contribution in [3.05, 3.63) is 170 Å². The molecule has 0 saturated heterocycles. The van der Waals surface area contributed by atoms with Gasteiger partial charge in [-0.05, 0) is 133 Å². The van der Waals surface area contributed by atoms with E-state index in [9.17, 15) is 0 Å². The number of benzene rings is 12. The average molecular weight is 699 g/mol. The third kappa shape index (κ3) is 4.03. The molecule has 1 heterocycles. The summed E-state index contributed by atoms with van der Waals surface area (Å²) in [5.74, 6) is 1.68. The number of ether oxygens (including phenoxy) is 2. The third-order valence-electron chi connectivity index (χ3n) is 12.3. The molecular weight excluding hydrogens is 669 g/mol. The Morgan fingerprint density at radius 1 is 0.291 bits per heavy atom. The van der Waals surface area contributed by atoms with Gasteiger partial charge in [0.25, 0.3) is 0 Å². The second-order valence-electron chi connectivity index (χ2n) is 15.1. The van der Waals surface area contributed by atoms with Crippen molar-refractivity contribution in [2.24, 2.45) is 0 Å². The third-order valence-corrected chi connectivity index (χ3v) is 12.3. The van der Waals surface area contributed by atoms with Crippen LogP contribution in [0.15, 0.2) is 170 Å². The van der Waals surface area contributed by atoms with Crippen molar-refractivity contribution < 1.29 is 9.47 Å². The summed E-state index contributed by atoms with van der Waals surface area (Å²) in [5.41, 5.74) is 7.04. The summed E-state index contributed by atoms with van der Waals surface area (Å²) in [4.78, 5) is 0. The molecule has 0 atom stereocenters. The highest BCUT2D eigenvalue weighted by atomic mass is 16.7. The zero-order valence-corrected chi connectivity index (χ0v) is 29.7. The molecule has 0 amide bonds. The van der Waals surface area contributed by atoms with Crippen molar-refractivity contribution in [3.8, 4) is 44.9 Å². The van der Waals surface area contributed by atoms with Gasteiger partial charge >= 0.3 is 0 Å².